The lowest BCUT2D eigenvalue weighted by atomic mass is 10.0. The van der Waals surface area contributed by atoms with Crippen LogP contribution in [0, 0.1) is 0 Å². The van der Waals surface area contributed by atoms with Crippen molar-refractivity contribution in [3.8, 4) is 56.4 Å². The van der Waals surface area contributed by atoms with Crippen molar-refractivity contribution in [3.05, 3.63) is 150 Å². The number of aromatic nitrogens is 3. The average molecular weight is 591 g/mol. The van der Waals surface area contributed by atoms with E-state index < -0.39 is 0 Å². The summed E-state index contributed by atoms with van der Waals surface area (Å²) in [6.45, 7) is 0. The van der Waals surface area contributed by atoms with Crippen molar-refractivity contribution in [1.82, 2.24) is 15.0 Å². The van der Waals surface area contributed by atoms with Crippen LogP contribution >= 0.6 is 15.9 Å². The molecule has 0 saturated carbocycles. The van der Waals surface area contributed by atoms with E-state index in [1.807, 2.05) is 24.3 Å². The molecule has 0 fully saturated rings. The molecule has 0 amide bonds. The smallest absolute Gasteiger partial charge is 0.164 e. The lowest BCUT2D eigenvalue weighted by molar-refractivity contribution is 1.08. The number of hydrogen-bond acceptors (Lipinski definition) is 3. The van der Waals surface area contributed by atoms with E-state index in [4.69, 9.17) is 15.0 Å². The first-order valence-electron chi connectivity index (χ1n) is 13.5. The molecule has 0 aliphatic carbocycles. The molecule has 0 atom stereocenters. The number of fused-ring (bicyclic) bond motifs is 1. The Morgan fingerprint density at radius 2 is 0.707 bits per heavy atom. The van der Waals surface area contributed by atoms with E-state index in [1.54, 1.807) is 0 Å². The highest BCUT2D eigenvalue weighted by Gasteiger charge is 2.15. The summed E-state index contributed by atoms with van der Waals surface area (Å²) in [6, 6.07) is 50.0. The third kappa shape index (κ3) is 5.06. The van der Waals surface area contributed by atoms with Crippen LogP contribution in [0.5, 0.6) is 0 Å². The zero-order chi connectivity index (χ0) is 27.6. The summed E-state index contributed by atoms with van der Waals surface area (Å²) in [5.41, 5.74) is 7.51. The zero-order valence-electron chi connectivity index (χ0n) is 22.1. The fourth-order valence-corrected chi connectivity index (χ4v) is 5.57. The Morgan fingerprint density at radius 3 is 1.22 bits per heavy atom. The van der Waals surface area contributed by atoms with Crippen LogP contribution in [-0.4, -0.2) is 15.0 Å². The van der Waals surface area contributed by atoms with Crippen LogP contribution in [0.1, 0.15) is 0 Å². The third-order valence-corrected chi connectivity index (χ3v) is 7.94. The molecular formula is C37H24BrN3. The minimum Gasteiger partial charge on any atom is -0.208 e. The van der Waals surface area contributed by atoms with Crippen molar-refractivity contribution in [2.45, 2.75) is 0 Å². The molecule has 6 aromatic carbocycles. The molecule has 41 heavy (non-hydrogen) atoms. The molecule has 3 nitrogen and oxygen atoms in total. The van der Waals surface area contributed by atoms with Gasteiger partial charge in [-0.25, -0.2) is 15.0 Å². The topological polar surface area (TPSA) is 38.7 Å². The predicted octanol–water partition coefficient (Wildman–Crippen LogP) is 10.1. The Labute approximate surface area is 247 Å². The van der Waals surface area contributed by atoms with Crippen molar-refractivity contribution < 1.29 is 0 Å². The highest BCUT2D eigenvalue weighted by atomic mass is 79.9. The number of benzene rings is 6. The van der Waals surface area contributed by atoms with Crippen LogP contribution in [0.15, 0.2) is 150 Å². The van der Waals surface area contributed by atoms with Crippen LogP contribution < -0.4 is 0 Å². The highest BCUT2D eigenvalue weighted by molar-refractivity contribution is 9.10. The molecule has 0 saturated heterocycles. The molecule has 7 aromatic rings. The van der Waals surface area contributed by atoms with Crippen molar-refractivity contribution in [1.29, 1.82) is 0 Å². The molecule has 4 heteroatoms. The van der Waals surface area contributed by atoms with Crippen LogP contribution in [-0.2, 0) is 0 Å². The third-order valence-electron chi connectivity index (χ3n) is 7.25. The summed E-state index contributed by atoms with van der Waals surface area (Å²) in [5.74, 6) is 1.93. The summed E-state index contributed by atoms with van der Waals surface area (Å²) < 4.78 is 1.04. The van der Waals surface area contributed by atoms with Crippen LogP contribution in [0.3, 0.4) is 0 Å². The summed E-state index contributed by atoms with van der Waals surface area (Å²) in [7, 11) is 0. The minimum absolute atomic E-state index is 0.642. The summed E-state index contributed by atoms with van der Waals surface area (Å²) in [5, 5.41) is 2.21. The molecule has 0 bridgehead atoms. The first kappa shape index (κ1) is 25.1. The lowest BCUT2D eigenvalue weighted by Crippen LogP contribution is -2.00. The Bertz CT molecular complexity index is 1870. The van der Waals surface area contributed by atoms with Gasteiger partial charge in [0.05, 0.1) is 0 Å². The molecule has 0 N–H and O–H groups in total. The van der Waals surface area contributed by atoms with Gasteiger partial charge in [0.2, 0.25) is 0 Å². The second-order valence-electron chi connectivity index (χ2n) is 9.83. The SMILES string of the molecule is Brc1ccc(-c2nc(-c3ccc(-c4ccccc4)cc3)nc(-c3ccc(-c4ccccc4)cc3)n2)c2ccccc12. The number of hydrogen-bond donors (Lipinski definition) is 0. The van der Waals surface area contributed by atoms with Gasteiger partial charge in [-0.2, -0.15) is 0 Å². The Morgan fingerprint density at radius 1 is 0.317 bits per heavy atom. The normalized spacial score (nSPS) is 11.0. The minimum atomic E-state index is 0.642. The summed E-state index contributed by atoms with van der Waals surface area (Å²) >= 11 is 3.70. The van der Waals surface area contributed by atoms with Gasteiger partial charge < -0.3 is 0 Å². The molecule has 0 spiro atoms. The van der Waals surface area contributed by atoms with Crippen LogP contribution in [0.2, 0.25) is 0 Å². The van der Waals surface area contributed by atoms with Gasteiger partial charge in [-0.05, 0) is 45.2 Å². The first-order valence-corrected chi connectivity index (χ1v) is 14.3. The van der Waals surface area contributed by atoms with Gasteiger partial charge in [-0.3, -0.25) is 0 Å². The van der Waals surface area contributed by atoms with Crippen molar-refractivity contribution in [2.24, 2.45) is 0 Å². The molecule has 194 valence electrons. The molecule has 0 aliphatic heterocycles. The van der Waals surface area contributed by atoms with Gasteiger partial charge in [-0.1, -0.05) is 149 Å². The standard InChI is InChI=1S/C37H24BrN3/c38-34-24-23-33(31-13-7-8-14-32(31)34)37-40-35(29-19-15-27(16-20-29)25-9-3-1-4-10-25)39-36(41-37)30-21-17-28(18-22-30)26-11-5-2-6-12-26/h1-24H. The maximum Gasteiger partial charge on any atom is 0.164 e. The Hall–Kier alpha value is -4.93. The predicted molar refractivity (Wildman–Crippen MR) is 172 cm³/mol. The van der Waals surface area contributed by atoms with Crippen molar-refractivity contribution >= 4 is 26.7 Å². The molecule has 0 unspecified atom stereocenters. The van der Waals surface area contributed by atoms with Gasteiger partial charge in [0.1, 0.15) is 0 Å². The van der Waals surface area contributed by atoms with Crippen LogP contribution in [0.4, 0.5) is 0 Å². The molecule has 7 rings (SSSR count). The molecule has 0 aliphatic rings. The van der Waals surface area contributed by atoms with Gasteiger partial charge in [0, 0.05) is 21.2 Å². The van der Waals surface area contributed by atoms with E-state index in [2.05, 4.69) is 137 Å². The fourth-order valence-electron chi connectivity index (χ4n) is 5.10. The lowest BCUT2D eigenvalue weighted by Gasteiger charge is -2.12. The largest absolute Gasteiger partial charge is 0.208 e. The first-order chi connectivity index (χ1) is 20.2. The quantitative estimate of drug-likeness (QED) is 0.200. The highest BCUT2D eigenvalue weighted by Crippen LogP contribution is 2.34. The van der Waals surface area contributed by atoms with E-state index in [0.29, 0.717) is 17.5 Å². The van der Waals surface area contributed by atoms with E-state index in [9.17, 15) is 0 Å². The van der Waals surface area contributed by atoms with E-state index in [1.165, 1.54) is 11.1 Å². The van der Waals surface area contributed by atoms with Crippen molar-refractivity contribution in [2.75, 3.05) is 0 Å². The van der Waals surface area contributed by atoms with Crippen molar-refractivity contribution in [3.63, 3.8) is 0 Å². The summed E-state index contributed by atoms with van der Waals surface area (Å²) in [6.07, 6.45) is 0. The monoisotopic (exact) mass is 589 g/mol. The van der Waals surface area contributed by atoms with Gasteiger partial charge in [-0.15, -0.1) is 0 Å². The van der Waals surface area contributed by atoms with E-state index in [0.717, 1.165) is 43.1 Å². The van der Waals surface area contributed by atoms with Gasteiger partial charge in [0.15, 0.2) is 17.5 Å². The molecule has 1 heterocycles. The van der Waals surface area contributed by atoms with Gasteiger partial charge in [0.25, 0.3) is 0 Å². The maximum absolute atomic E-state index is 5.01. The second-order valence-corrected chi connectivity index (χ2v) is 10.7. The number of nitrogens with zero attached hydrogens (tertiary/aromatic N) is 3. The Balaban J connectivity index is 1.36. The Kier molecular flexibility index (Phi) is 6.67. The summed E-state index contributed by atoms with van der Waals surface area (Å²) in [4.78, 5) is 15.0. The fraction of sp³-hybridized carbons (Fsp3) is 0. The average Bonchev–Trinajstić information content (AvgIpc) is 3.06. The molecule has 0 radical (unpaired) electrons. The number of rotatable bonds is 5. The van der Waals surface area contributed by atoms with E-state index in [-0.39, 0.29) is 0 Å². The maximum atomic E-state index is 5.01. The molecular weight excluding hydrogens is 566 g/mol. The second kappa shape index (κ2) is 10.9. The zero-order valence-corrected chi connectivity index (χ0v) is 23.7. The van der Waals surface area contributed by atoms with E-state index >= 15 is 0 Å². The van der Waals surface area contributed by atoms with Crippen LogP contribution in [0.25, 0.3) is 67.2 Å². The molecule has 1 aromatic heterocycles. The number of halogens is 1. The van der Waals surface area contributed by atoms with Gasteiger partial charge >= 0.3 is 0 Å².